The molecule has 0 saturated heterocycles. The third-order valence-corrected chi connectivity index (χ3v) is 2.27. The second kappa shape index (κ2) is 4.28. The fourth-order valence-electron chi connectivity index (χ4n) is 1.38. The van der Waals surface area contributed by atoms with E-state index in [4.69, 9.17) is 0 Å². The van der Waals surface area contributed by atoms with Crippen molar-refractivity contribution in [3.05, 3.63) is 11.3 Å². The molecule has 0 unspecified atom stereocenters. The number of aliphatic hydroxyl groups excluding tert-OH is 1. The first-order valence-electron chi connectivity index (χ1n) is 4.40. The summed E-state index contributed by atoms with van der Waals surface area (Å²) < 4.78 is 4.57. The van der Waals surface area contributed by atoms with Crippen LogP contribution in [0.4, 0.5) is 0 Å². The Morgan fingerprint density at radius 2 is 2.38 bits per heavy atom. The van der Waals surface area contributed by atoms with E-state index in [-0.39, 0.29) is 5.76 Å². The number of rotatable bonds is 2. The number of hydrogen-bond acceptors (Lipinski definition) is 4. The van der Waals surface area contributed by atoms with Crippen molar-refractivity contribution in [2.75, 3.05) is 26.7 Å². The maximum absolute atomic E-state index is 11.2. The van der Waals surface area contributed by atoms with Gasteiger partial charge in [0, 0.05) is 19.5 Å². The fourth-order valence-corrected chi connectivity index (χ4v) is 1.38. The Morgan fingerprint density at radius 1 is 1.69 bits per heavy atom. The van der Waals surface area contributed by atoms with Crippen LogP contribution in [0.5, 0.6) is 0 Å². The van der Waals surface area contributed by atoms with Gasteiger partial charge < -0.3 is 9.84 Å². The maximum Gasteiger partial charge on any atom is 0.338 e. The highest BCUT2D eigenvalue weighted by molar-refractivity contribution is 5.89. The van der Waals surface area contributed by atoms with Gasteiger partial charge in [0.2, 0.25) is 0 Å². The molecule has 1 N–H and O–H groups in total. The molecule has 4 heteroatoms. The normalized spacial score (nSPS) is 18.9. The number of likely N-dealkylation sites (N-methyl/N-ethyl adjacent to an activating group) is 1. The first-order chi connectivity index (χ1) is 6.19. The summed E-state index contributed by atoms with van der Waals surface area (Å²) in [5, 5.41) is 9.44. The summed E-state index contributed by atoms with van der Waals surface area (Å²) >= 11 is 0. The zero-order valence-electron chi connectivity index (χ0n) is 8.04. The van der Waals surface area contributed by atoms with Gasteiger partial charge in [-0.25, -0.2) is 4.79 Å². The van der Waals surface area contributed by atoms with Crippen molar-refractivity contribution in [2.45, 2.75) is 13.3 Å². The summed E-state index contributed by atoms with van der Waals surface area (Å²) in [5.74, 6) is -0.243. The molecule has 1 aliphatic rings. The largest absolute Gasteiger partial charge is 0.512 e. The molecule has 1 aliphatic heterocycles. The summed E-state index contributed by atoms with van der Waals surface area (Å²) in [5.41, 5.74) is 0.399. The topological polar surface area (TPSA) is 49.8 Å². The molecule has 4 nitrogen and oxygen atoms in total. The van der Waals surface area contributed by atoms with Crippen molar-refractivity contribution in [1.82, 2.24) is 4.90 Å². The smallest absolute Gasteiger partial charge is 0.338 e. The number of methoxy groups -OCH3 is 1. The number of hydrogen-bond donors (Lipinski definition) is 1. The minimum Gasteiger partial charge on any atom is -0.512 e. The summed E-state index contributed by atoms with van der Waals surface area (Å²) in [4.78, 5) is 13.3. The lowest BCUT2D eigenvalue weighted by molar-refractivity contribution is -0.136. The Labute approximate surface area is 77.8 Å². The van der Waals surface area contributed by atoms with E-state index in [0.29, 0.717) is 18.5 Å². The predicted molar refractivity (Wildman–Crippen MR) is 48.4 cm³/mol. The van der Waals surface area contributed by atoms with Gasteiger partial charge in [0.1, 0.15) is 5.76 Å². The highest BCUT2D eigenvalue weighted by Crippen LogP contribution is 2.16. The summed E-state index contributed by atoms with van der Waals surface area (Å²) in [6.07, 6.45) is 0.540. The lowest BCUT2D eigenvalue weighted by atomic mass is 10.1. The van der Waals surface area contributed by atoms with Crippen LogP contribution in [0.1, 0.15) is 13.3 Å². The molecule has 0 amide bonds. The molecule has 0 aromatic carbocycles. The number of carbonyl (C=O) groups excluding carboxylic acids is 1. The van der Waals surface area contributed by atoms with E-state index in [2.05, 4.69) is 9.64 Å². The highest BCUT2D eigenvalue weighted by atomic mass is 16.5. The summed E-state index contributed by atoms with van der Waals surface area (Å²) in [7, 11) is 1.33. The molecule has 0 atom stereocenters. The summed E-state index contributed by atoms with van der Waals surface area (Å²) in [6, 6.07) is 0. The third kappa shape index (κ3) is 2.21. The molecule has 0 bridgehead atoms. The van der Waals surface area contributed by atoms with Crippen molar-refractivity contribution in [3.8, 4) is 0 Å². The average molecular weight is 185 g/mol. The van der Waals surface area contributed by atoms with Crippen molar-refractivity contribution >= 4 is 5.97 Å². The van der Waals surface area contributed by atoms with Gasteiger partial charge in [0.25, 0.3) is 0 Å². The maximum atomic E-state index is 11.2. The standard InChI is InChI=1S/C9H15NO3/c1-3-10-5-4-8(11)7(6-10)9(12)13-2/h11H,3-6H2,1-2H3. The Bertz CT molecular complexity index is 235. The van der Waals surface area contributed by atoms with Gasteiger partial charge in [-0.1, -0.05) is 6.92 Å². The molecule has 0 aromatic rings. The Kier molecular flexibility index (Phi) is 3.31. The molecular weight excluding hydrogens is 170 g/mol. The zero-order valence-corrected chi connectivity index (χ0v) is 8.04. The van der Waals surface area contributed by atoms with Crippen LogP contribution in [-0.4, -0.2) is 42.7 Å². The average Bonchev–Trinajstić information content (AvgIpc) is 2.17. The van der Waals surface area contributed by atoms with E-state index in [1.54, 1.807) is 0 Å². The molecular formula is C9H15NO3. The quantitative estimate of drug-likeness (QED) is 0.643. The number of ether oxygens (including phenoxy) is 1. The van der Waals surface area contributed by atoms with E-state index in [9.17, 15) is 9.90 Å². The minimum absolute atomic E-state index is 0.177. The Balaban J connectivity index is 2.74. The zero-order chi connectivity index (χ0) is 9.84. The second-order valence-corrected chi connectivity index (χ2v) is 3.04. The molecule has 1 heterocycles. The molecule has 0 spiro atoms. The van der Waals surface area contributed by atoms with Crippen LogP contribution in [0.15, 0.2) is 11.3 Å². The van der Waals surface area contributed by atoms with E-state index in [1.807, 2.05) is 6.92 Å². The highest BCUT2D eigenvalue weighted by Gasteiger charge is 2.23. The lowest BCUT2D eigenvalue weighted by Gasteiger charge is -2.26. The second-order valence-electron chi connectivity index (χ2n) is 3.04. The Hall–Kier alpha value is -1.03. The monoisotopic (exact) mass is 185 g/mol. The van der Waals surface area contributed by atoms with E-state index < -0.39 is 5.97 Å². The minimum atomic E-state index is -0.421. The van der Waals surface area contributed by atoms with Gasteiger partial charge in [0.15, 0.2) is 0 Å². The van der Waals surface area contributed by atoms with Gasteiger partial charge in [-0.05, 0) is 6.54 Å². The van der Waals surface area contributed by atoms with Crippen LogP contribution < -0.4 is 0 Å². The van der Waals surface area contributed by atoms with E-state index in [0.717, 1.165) is 13.1 Å². The number of nitrogens with zero attached hydrogens (tertiary/aromatic N) is 1. The fraction of sp³-hybridized carbons (Fsp3) is 0.667. The van der Waals surface area contributed by atoms with Crippen LogP contribution in [0.25, 0.3) is 0 Å². The van der Waals surface area contributed by atoms with Gasteiger partial charge in [-0.2, -0.15) is 0 Å². The van der Waals surface area contributed by atoms with E-state index >= 15 is 0 Å². The van der Waals surface area contributed by atoms with Gasteiger partial charge in [-0.3, -0.25) is 4.90 Å². The van der Waals surface area contributed by atoms with Gasteiger partial charge >= 0.3 is 5.97 Å². The van der Waals surface area contributed by atoms with Crippen LogP contribution in [0.2, 0.25) is 0 Å². The van der Waals surface area contributed by atoms with Crippen molar-refractivity contribution in [2.24, 2.45) is 0 Å². The number of carbonyl (C=O) groups is 1. The summed E-state index contributed by atoms with van der Waals surface area (Å²) in [6.45, 7) is 4.21. The number of aliphatic hydroxyl groups is 1. The molecule has 0 aromatic heterocycles. The van der Waals surface area contributed by atoms with Crippen molar-refractivity contribution in [1.29, 1.82) is 0 Å². The number of esters is 1. The van der Waals surface area contributed by atoms with Crippen LogP contribution in [-0.2, 0) is 9.53 Å². The van der Waals surface area contributed by atoms with Gasteiger partial charge in [0.05, 0.1) is 12.7 Å². The molecule has 0 fully saturated rings. The molecule has 0 aliphatic carbocycles. The lowest BCUT2D eigenvalue weighted by Crippen LogP contribution is -2.34. The first-order valence-corrected chi connectivity index (χ1v) is 4.40. The predicted octanol–water partition coefficient (Wildman–Crippen LogP) is 0.697. The molecule has 0 saturated carbocycles. The molecule has 1 rings (SSSR count). The molecule has 74 valence electrons. The Morgan fingerprint density at radius 3 is 2.92 bits per heavy atom. The first kappa shape index (κ1) is 10.1. The van der Waals surface area contributed by atoms with Crippen LogP contribution >= 0.6 is 0 Å². The van der Waals surface area contributed by atoms with E-state index in [1.165, 1.54) is 7.11 Å². The third-order valence-electron chi connectivity index (χ3n) is 2.27. The molecule has 13 heavy (non-hydrogen) atoms. The van der Waals surface area contributed by atoms with Crippen molar-refractivity contribution in [3.63, 3.8) is 0 Å². The molecule has 0 radical (unpaired) electrons. The SMILES string of the molecule is CCN1CCC(O)=C(C(=O)OC)C1. The van der Waals surface area contributed by atoms with Crippen LogP contribution in [0, 0.1) is 0 Å². The van der Waals surface area contributed by atoms with Crippen LogP contribution in [0.3, 0.4) is 0 Å². The van der Waals surface area contributed by atoms with Gasteiger partial charge in [-0.15, -0.1) is 0 Å². The van der Waals surface area contributed by atoms with Crippen molar-refractivity contribution < 1.29 is 14.6 Å².